The largest absolute Gasteiger partial charge is 0.497 e. The molecule has 1 aliphatic heterocycles. The third kappa shape index (κ3) is 21.8. The van der Waals surface area contributed by atoms with Gasteiger partial charge in [-0.05, 0) is 46.4 Å². The predicted octanol–water partition coefficient (Wildman–Crippen LogP) is 13.6. The number of carbonyl (C=O) groups is 2. The van der Waals surface area contributed by atoms with E-state index in [0.717, 1.165) is 52.8 Å². The molecule has 11 heteroatoms. The maximum absolute atomic E-state index is 14.4. The van der Waals surface area contributed by atoms with Gasteiger partial charge < -0.3 is 42.6 Å². The predicted molar refractivity (Wildman–Crippen MR) is 288 cm³/mol. The Labute approximate surface area is 441 Å². The van der Waals surface area contributed by atoms with E-state index in [9.17, 15) is 9.59 Å². The van der Waals surface area contributed by atoms with Crippen LogP contribution in [-0.2, 0) is 80.5 Å². The monoisotopic (exact) mass is 1010 g/mol. The zero-order valence-electron chi connectivity index (χ0n) is 44.1. The molecule has 6 rings (SSSR count). The molecule has 0 spiro atoms. The summed E-state index contributed by atoms with van der Waals surface area (Å²) in [5, 5.41) is 0. The average molecular weight is 1020 g/mol. The summed E-state index contributed by atoms with van der Waals surface area (Å²) < 4.78 is 57.4. The second kappa shape index (κ2) is 35.0. The van der Waals surface area contributed by atoms with Gasteiger partial charge in [0.25, 0.3) is 0 Å². The van der Waals surface area contributed by atoms with Gasteiger partial charge in [0.05, 0.1) is 40.1 Å². The van der Waals surface area contributed by atoms with Crippen molar-refractivity contribution in [2.75, 3.05) is 20.3 Å². The van der Waals surface area contributed by atoms with E-state index in [1.165, 1.54) is 77.0 Å². The van der Waals surface area contributed by atoms with Gasteiger partial charge in [0.2, 0.25) is 0 Å². The Bertz CT molecular complexity index is 2210. The highest BCUT2D eigenvalue weighted by Crippen LogP contribution is 2.33. The molecule has 11 nitrogen and oxygen atoms in total. The fourth-order valence-electron chi connectivity index (χ4n) is 8.97. The van der Waals surface area contributed by atoms with E-state index in [2.05, 4.69) is 6.92 Å². The lowest BCUT2D eigenvalue weighted by Gasteiger charge is -2.45. The summed E-state index contributed by atoms with van der Waals surface area (Å²) in [5.41, 5.74) is 4.45. The third-order valence-corrected chi connectivity index (χ3v) is 13.3. The Morgan fingerprint density at radius 1 is 0.446 bits per heavy atom. The molecule has 1 heterocycles. The zero-order valence-corrected chi connectivity index (χ0v) is 44.1. The van der Waals surface area contributed by atoms with Gasteiger partial charge in [-0.15, -0.1) is 0 Å². The first kappa shape index (κ1) is 57.9. The molecule has 0 aromatic heterocycles. The van der Waals surface area contributed by atoms with E-state index in [1.807, 2.05) is 146 Å². The van der Waals surface area contributed by atoms with E-state index >= 15 is 0 Å². The van der Waals surface area contributed by atoms with Crippen molar-refractivity contribution in [1.29, 1.82) is 0 Å². The third-order valence-electron chi connectivity index (χ3n) is 13.3. The summed E-state index contributed by atoms with van der Waals surface area (Å²) in [5.74, 6) is -0.204. The van der Waals surface area contributed by atoms with Crippen LogP contribution in [-0.4, -0.2) is 69.1 Å². The first-order valence-corrected chi connectivity index (χ1v) is 27.3. The smallest absolute Gasteiger partial charge is 0.338 e. The summed E-state index contributed by atoms with van der Waals surface area (Å²) >= 11 is 0. The maximum Gasteiger partial charge on any atom is 0.338 e. The van der Waals surface area contributed by atoms with Gasteiger partial charge in [-0.25, -0.2) is 4.79 Å². The van der Waals surface area contributed by atoms with Crippen LogP contribution >= 0.6 is 0 Å². The van der Waals surface area contributed by atoms with Gasteiger partial charge in [-0.1, -0.05) is 230 Å². The average Bonchev–Trinajstić information content (AvgIpc) is 3.44. The van der Waals surface area contributed by atoms with Crippen molar-refractivity contribution in [3.63, 3.8) is 0 Å². The van der Waals surface area contributed by atoms with E-state index in [-0.39, 0.29) is 52.2 Å². The SMILES string of the molecule is CCCCCCCCCCCCCCCCCC(=O)OC[C@H](CO[C@H]1O[C@H](C(=O)OCc2ccccc2)[C@@H](OCc2ccccc2)[C@H](OCc2ccccc2)[C@H]1OCc1ccccc1)OCc1ccc(OC)cc1. The summed E-state index contributed by atoms with van der Waals surface area (Å²) in [7, 11) is 1.62. The van der Waals surface area contributed by atoms with Gasteiger partial charge in [0.1, 0.15) is 43.4 Å². The van der Waals surface area contributed by atoms with E-state index in [4.69, 9.17) is 42.6 Å². The molecule has 6 atom stereocenters. The normalized spacial score (nSPS) is 17.9. The maximum atomic E-state index is 14.4. The standard InChI is InChI=1S/C63H82O11/c1-3-4-5-6-7-8-9-10-11-12-13-14-15-16-29-38-57(64)68-48-56(67-43-54-39-41-55(66-2)42-40-54)49-73-63-61(71-46-52-34-25-19-26-35-52)59(70-45-51-32-23-18-24-33-51)58(69-44-50-30-21-17-22-31-50)60(74-63)62(65)72-47-53-36-27-20-28-37-53/h17-28,30-37,39-42,56,58-61,63H,3-16,29,38,43-49H2,1-2H3/t56-,58+,59+,60+,61-,63+/m1/s1. The molecular formula is C63H82O11. The minimum Gasteiger partial charge on any atom is -0.497 e. The molecule has 0 N–H and O–H groups in total. The molecule has 1 aliphatic rings. The Morgan fingerprint density at radius 3 is 1.36 bits per heavy atom. The molecule has 0 amide bonds. The molecule has 0 aliphatic carbocycles. The van der Waals surface area contributed by atoms with Crippen LogP contribution in [0.2, 0.25) is 0 Å². The number of rotatable bonds is 37. The quantitative estimate of drug-likeness (QED) is 0.0280. The minimum absolute atomic E-state index is 0.0198. The Balaban J connectivity index is 1.15. The lowest BCUT2D eigenvalue weighted by atomic mass is 9.97. The fourth-order valence-corrected chi connectivity index (χ4v) is 8.97. The molecule has 1 fully saturated rings. The summed E-state index contributed by atoms with van der Waals surface area (Å²) in [6.07, 6.45) is 13.1. The van der Waals surface area contributed by atoms with Gasteiger partial charge in [-0.2, -0.15) is 0 Å². The van der Waals surface area contributed by atoms with Crippen molar-refractivity contribution >= 4 is 11.9 Å². The first-order chi connectivity index (χ1) is 36.5. The molecule has 0 unspecified atom stereocenters. The summed E-state index contributed by atoms with van der Waals surface area (Å²) in [4.78, 5) is 27.7. The van der Waals surface area contributed by atoms with Crippen molar-refractivity contribution in [3.8, 4) is 5.75 Å². The van der Waals surface area contributed by atoms with Crippen molar-refractivity contribution in [3.05, 3.63) is 173 Å². The van der Waals surface area contributed by atoms with Crippen LogP contribution in [0, 0.1) is 0 Å². The van der Waals surface area contributed by atoms with Gasteiger partial charge in [0.15, 0.2) is 12.4 Å². The number of esters is 2. The topological polar surface area (TPSA) is 117 Å². The minimum atomic E-state index is -1.30. The number of benzene rings is 5. The number of methoxy groups -OCH3 is 1. The molecule has 1 saturated heterocycles. The van der Waals surface area contributed by atoms with Crippen molar-refractivity contribution in [1.82, 2.24) is 0 Å². The van der Waals surface area contributed by atoms with Crippen molar-refractivity contribution in [2.45, 2.75) is 180 Å². The highest BCUT2D eigenvalue weighted by atomic mass is 16.7. The molecule has 74 heavy (non-hydrogen) atoms. The fraction of sp³-hybridized carbons (Fsp3) is 0.492. The van der Waals surface area contributed by atoms with Crippen LogP contribution in [0.5, 0.6) is 5.75 Å². The highest BCUT2D eigenvalue weighted by Gasteiger charge is 2.52. The first-order valence-electron chi connectivity index (χ1n) is 27.3. The molecule has 5 aromatic carbocycles. The number of ether oxygens (including phenoxy) is 9. The molecule has 0 radical (unpaired) electrons. The van der Waals surface area contributed by atoms with Crippen LogP contribution in [0.25, 0.3) is 0 Å². The molecule has 0 saturated carbocycles. The molecule has 400 valence electrons. The number of hydrogen-bond acceptors (Lipinski definition) is 11. The van der Waals surface area contributed by atoms with Gasteiger partial charge >= 0.3 is 11.9 Å². The van der Waals surface area contributed by atoms with Crippen LogP contribution in [0.3, 0.4) is 0 Å². The Kier molecular flexibility index (Phi) is 27.3. The van der Waals surface area contributed by atoms with Crippen LogP contribution in [0.4, 0.5) is 0 Å². The lowest BCUT2D eigenvalue weighted by molar-refractivity contribution is -0.324. The van der Waals surface area contributed by atoms with Gasteiger partial charge in [-0.3, -0.25) is 4.79 Å². The van der Waals surface area contributed by atoms with E-state index in [1.54, 1.807) is 7.11 Å². The highest BCUT2D eigenvalue weighted by molar-refractivity contribution is 5.76. The van der Waals surface area contributed by atoms with Gasteiger partial charge in [0, 0.05) is 6.42 Å². The number of carbonyl (C=O) groups excluding carboxylic acids is 2. The van der Waals surface area contributed by atoms with Crippen molar-refractivity contribution in [2.24, 2.45) is 0 Å². The lowest BCUT2D eigenvalue weighted by Crippen LogP contribution is -2.63. The van der Waals surface area contributed by atoms with E-state index < -0.39 is 42.8 Å². The van der Waals surface area contributed by atoms with E-state index in [0.29, 0.717) is 6.42 Å². The zero-order chi connectivity index (χ0) is 51.7. The summed E-state index contributed by atoms with van der Waals surface area (Å²) in [6, 6.07) is 46.4. The Hall–Kier alpha value is -5.40. The van der Waals surface area contributed by atoms with Crippen LogP contribution < -0.4 is 4.74 Å². The van der Waals surface area contributed by atoms with Crippen molar-refractivity contribution < 1.29 is 52.2 Å². The number of hydrogen-bond donors (Lipinski definition) is 0. The molecule has 5 aromatic rings. The second-order valence-electron chi connectivity index (χ2n) is 19.3. The van der Waals surface area contributed by atoms with Crippen LogP contribution in [0.15, 0.2) is 146 Å². The molecule has 0 bridgehead atoms. The molecular weight excluding hydrogens is 933 g/mol. The summed E-state index contributed by atoms with van der Waals surface area (Å²) in [6.45, 7) is 2.88. The van der Waals surface area contributed by atoms with Crippen LogP contribution in [0.1, 0.15) is 137 Å². The Morgan fingerprint density at radius 2 is 0.878 bits per heavy atom. The second-order valence-corrected chi connectivity index (χ2v) is 19.3. The number of unbranched alkanes of at least 4 members (excludes halogenated alkanes) is 14.